The van der Waals surface area contributed by atoms with E-state index < -0.39 is 5.79 Å². The molecule has 16 heavy (non-hydrogen) atoms. The van der Waals surface area contributed by atoms with Crippen molar-refractivity contribution in [2.45, 2.75) is 50.8 Å². The van der Waals surface area contributed by atoms with Crippen molar-refractivity contribution < 1.29 is 19.0 Å². The molecule has 0 aromatic rings. The van der Waals surface area contributed by atoms with Gasteiger partial charge in [0.1, 0.15) is 12.4 Å². The Balaban J connectivity index is 1.92. The standard InChI is InChI=1S/C12H18O4/c1-12(2)14-8-11(16-12)10-5-3-4-9(15-10)6-7-13/h3-4,7,9-11H,5-6,8H2,1-2H3/t9-,10-,11+/m1/s1. The largest absolute Gasteiger partial charge is 0.367 e. The summed E-state index contributed by atoms with van der Waals surface area (Å²) in [7, 11) is 0. The fourth-order valence-corrected chi connectivity index (χ4v) is 2.06. The summed E-state index contributed by atoms with van der Waals surface area (Å²) < 4.78 is 17.0. The fraction of sp³-hybridized carbons (Fsp3) is 0.750. The number of rotatable bonds is 3. The maximum Gasteiger partial charge on any atom is 0.163 e. The summed E-state index contributed by atoms with van der Waals surface area (Å²) in [4.78, 5) is 10.4. The summed E-state index contributed by atoms with van der Waals surface area (Å²) in [6.07, 6.45) is 5.95. The zero-order chi connectivity index (χ0) is 11.6. The van der Waals surface area contributed by atoms with Gasteiger partial charge < -0.3 is 19.0 Å². The lowest BCUT2D eigenvalue weighted by molar-refractivity contribution is -0.161. The molecule has 0 bridgehead atoms. The molecule has 2 heterocycles. The number of carbonyl (C=O) groups excluding carboxylic acids is 1. The molecule has 0 spiro atoms. The van der Waals surface area contributed by atoms with Crippen LogP contribution in [0.25, 0.3) is 0 Å². The second kappa shape index (κ2) is 4.65. The monoisotopic (exact) mass is 226 g/mol. The van der Waals surface area contributed by atoms with E-state index in [1.54, 1.807) is 0 Å². The highest BCUT2D eigenvalue weighted by Crippen LogP contribution is 2.29. The second-order valence-corrected chi connectivity index (χ2v) is 4.65. The molecule has 1 saturated heterocycles. The molecule has 3 atom stereocenters. The third-order valence-electron chi connectivity index (χ3n) is 2.84. The Morgan fingerprint density at radius 3 is 2.88 bits per heavy atom. The van der Waals surface area contributed by atoms with Crippen molar-refractivity contribution in [3.8, 4) is 0 Å². The molecule has 0 N–H and O–H groups in total. The Hall–Kier alpha value is -0.710. The molecule has 4 heteroatoms. The summed E-state index contributed by atoms with van der Waals surface area (Å²) in [5, 5.41) is 0. The van der Waals surface area contributed by atoms with E-state index in [9.17, 15) is 4.79 Å². The van der Waals surface area contributed by atoms with Gasteiger partial charge in [-0.05, 0) is 20.3 Å². The molecule has 0 aromatic carbocycles. The number of carbonyl (C=O) groups is 1. The van der Waals surface area contributed by atoms with Crippen molar-refractivity contribution in [2.75, 3.05) is 6.61 Å². The number of hydrogen-bond acceptors (Lipinski definition) is 4. The van der Waals surface area contributed by atoms with Gasteiger partial charge in [0.25, 0.3) is 0 Å². The van der Waals surface area contributed by atoms with Crippen LogP contribution in [-0.4, -0.2) is 37.0 Å². The predicted octanol–water partition coefficient (Wildman–Crippen LogP) is 1.44. The van der Waals surface area contributed by atoms with Crippen molar-refractivity contribution in [2.24, 2.45) is 0 Å². The normalized spacial score (nSPS) is 37.5. The molecule has 0 saturated carbocycles. The van der Waals surface area contributed by atoms with Gasteiger partial charge in [-0.15, -0.1) is 0 Å². The number of ether oxygens (including phenoxy) is 3. The molecule has 0 aliphatic carbocycles. The fourth-order valence-electron chi connectivity index (χ4n) is 2.06. The summed E-state index contributed by atoms with van der Waals surface area (Å²) in [6.45, 7) is 4.35. The first-order chi connectivity index (χ1) is 7.61. The van der Waals surface area contributed by atoms with Gasteiger partial charge in [0.05, 0.1) is 18.8 Å². The van der Waals surface area contributed by atoms with E-state index >= 15 is 0 Å². The zero-order valence-electron chi connectivity index (χ0n) is 9.72. The number of aldehydes is 1. The predicted molar refractivity (Wildman–Crippen MR) is 58.0 cm³/mol. The van der Waals surface area contributed by atoms with Crippen LogP contribution in [0, 0.1) is 0 Å². The maximum absolute atomic E-state index is 10.4. The Labute approximate surface area is 95.6 Å². The highest BCUT2D eigenvalue weighted by Gasteiger charge is 2.38. The van der Waals surface area contributed by atoms with Crippen LogP contribution in [0.4, 0.5) is 0 Å². The van der Waals surface area contributed by atoms with Crippen molar-refractivity contribution in [3.05, 3.63) is 12.2 Å². The van der Waals surface area contributed by atoms with E-state index in [1.807, 2.05) is 19.9 Å². The van der Waals surface area contributed by atoms with Gasteiger partial charge in [-0.1, -0.05) is 12.2 Å². The highest BCUT2D eigenvalue weighted by atomic mass is 16.7. The van der Waals surface area contributed by atoms with Crippen LogP contribution >= 0.6 is 0 Å². The molecule has 4 nitrogen and oxygen atoms in total. The number of hydrogen-bond donors (Lipinski definition) is 0. The molecule has 0 radical (unpaired) electrons. The minimum absolute atomic E-state index is 0.00303. The van der Waals surface area contributed by atoms with Gasteiger partial charge in [0.15, 0.2) is 5.79 Å². The first kappa shape index (κ1) is 11.8. The Morgan fingerprint density at radius 1 is 1.44 bits per heavy atom. The molecule has 1 fully saturated rings. The summed E-state index contributed by atoms with van der Waals surface area (Å²) in [5.41, 5.74) is 0. The van der Waals surface area contributed by atoms with Crippen LogP contribution in [0.5, 0.6) is 0 Å². The van der Waals surface area contributed by atoms with E-state index in [0.717, 1.165) is 12.7 Å². The minimum atomic E-state index is -0.519. The third kappa shape index (κ3) is 2.70. The van der Waals surface area contributed by atoms with Crippen molar-refractivity contribution >= 4 is 6.29 Å². The lowest BCUT2D eigenvalue weighted by Gasteiger charge is -2.29. The van der Waals surface area contributed by atoms with Gasteiger partial charge in [-0.3, -0.25) is 0 Å². The quantitative estimate of drug-likeness (QED) is 0.539. The topological polar surface area (TPSA) is 44.8 Å². The summed E-state index contributed by atoms with van der Waals surface area (Å²) in [6, 6.07) is 0. The first-order valence-corrected chi connectivity index (χ1v) is 5.68. The van der Waals surface area contributed by atoms with Crippen LogP contribution in [0.3, 0.4) is 0 Å². The lowest BCUT2D eigenvalue weighted by Crippen LogP contribution is -2.37. The highest BCUT2D eigenvalue weighted by molar-refractivity contribution is 5.50. The Bertz CT molecular complexity index is 285. The molecule has 2 aliphatic rings. The average molecular weight is 226 g/mol. The summed E-state index contributed by atoms with van der Waals surface area (Å²) in [5.74, 6) is -0.519. The van der Waals surface area contributed by atoms with Gasteiger partial charge >= 0.3 is 0 Å². The van der Waals surface area contributed by atoms with E-state index in [0.29, 0.717) is 13.0 Å². The van der Waals surface area contributed by atoms with Crippen molar-refractivity contribution in [1.82, 2.24) is 0 Å². The SMILES string of the molecule is CC1(C)OC[C@@H]([C@H]2CC=C[C@H](CC=O)O2)O1. The third-order valence-corrected chi connectivity index (χ3v) is 2.84. The molecule has 0 aromatic heterocycles. The van der Waals surface area contributed by atoms with E-state index in [1.165, 1.54) is 0 Å². The molecular weight excluding hydrogens is 208 g/mol. The average Bonchev–Trinajstić information content (AvgIpc) is 2.60. The van der Waals surface area contributed by atoms with Gasteiger partial charge in [0, 0.05) is 6.42 Å². The minimum Gasteiger partial charge on any atom is -0.367 e. The van der Waals surface area contributed by atoms with Crippen LogP contribution in [-0.2, 0) is 19.0 Å². The van der Waals surface area contributed by atoms with Crippen LogP contribution in [0.1, 0.15) is 26.7 Å². The molecule has 0 amide bonds. The zero-order valence-corrected chi connectivity index (χ0v) is 9.72. The first-order valence-electron chi connectivity index (χ1n) is 5.68. The van der Waals surface area contributed by atoms with Crippen LogP contribution in [0.2, 0.25) is 0 Å². The molecule has 90 valence electrons. The molecular formula is C12H18O4. The van der Waals surface area contributed by atoms with Crippen molar-refractivity contribution in [1.29, 1.82) is 0 Å². The Kier molecular flexibility index (Phi) is 3.42. The van der Waals surface area contributed by atoms with E-state index in [2.05, 4.69) is 6.08 Å². The van der Waals surface area contributed by atoms with Crippen molar-refractivity contribution in [3.63, 3.8) is 0 Å². The smallest absolute Gasteiger partial charge is 0.163 e. The Morgan fingerprint density at radius 2 is 2.25 bits per heavy atom. The molecule has 2 aliphatic heterocycles. The second-order valence-electron chi connectivity index (χ2n) is 4.65. The van der Waals surface area contributed by atoms with E-state index in [-0.39, 0.29) is 18.3 Å². The summed E-state index contributed by atoms with van der Waals surface area (Å²) >= 11 is 0. The van der Waals surface area contributed by atoms with E-state index in [4.69, 9.17) is 14.2 Å². The van der Waals surface area contributed by atoms with Gasteiger partial charge in [-0.2, -0.15) is 0 Å². The van der Waals surface area contributed by atoms with Gasteiger partial charge in [-0.25, -0.2) is 0 Å². The van der Waals surface area contributed by atoms with Crippen LogP contribution < -0.4 is 0 Å². The van der Waals surface area contributed by atoms with Gasteiger partial charge in [0.2, 0.25) is 0 Å². The maximum atomic E-state index is 10.4. The van der Waals surface area contributed by atoms with Crippen LogP contribution in [0.15, 0.2) is 12.2 Å². The lowest BCUT2D eigenvalue weighted by atomic mass is 10.1. The molecule has 2 rings (SSSR count). The molecule has 0 unspecified atom stereocenters.